The van der Waals surface area contributed by atoms with Crippen molar-refractivity contribution >= 4 is 23.4 Å². The summed E-state index contributed by atoms with van der Waals surface area (Å²) in [6.07, 6.45) is 6.99. The van der Waals surface area contributed by atoms with Crippen LogP contribution >= 0.6 is 0 Å². The average molecular weight is 445 g/mol. The van der Waals surface area contributed by atoms with Gasteiger partial charge in [-0.1, -0.05) is 19.3 Å². The number of hydrogen-bond donors (Lipinski definition) is 2. The fourth-order valence-electron chi connectivity index (χ4n) is 4.33. The molecule has 176 valence electrons. The molecule has 0 unspecified atom stereocenters. The summed E-state index contributed by atoms with van der Waals surface area (Å²) in [7, 11) is 1.53. The molecule has 3 rings (SSSR count). The van der Waals surface area contributed by atoms with E-state index < -0.39 is 0 Å². The zero-order valence-electron chi connectivity index (χ0n) is 19.2. The van der Waals surface area contributed by atoms with Crippen molar-refractivity contribution in [1.82, 2.24) is 15.5 Å². The molecule has 0 spiro atoms. The number of rotatable bonds is 6. The van der Waals surface area contributed by atoms with Crippen LogP contribution in [0.2, 0.25) is 0 Å². The van der Waals surface area contributed by atoms with Crippen molar-refractivity contribution in [3.8, 4) is 0 Å². The Morgan fingerprint density at radius 1 is 1.09 bits per heavy atom. The lowest BCUT2D eigenvalue weighted by Crippen LogP contribution is -2.37. The first-order valence-corrected chi connectivity index (χ1v) is 11.8. The van der Waals surface area contributed by atoms with Gasteiger partial charge >= 0.3 is 0 Å². The SMILES string of the molecule is COCC(=O)N1CCCCCCCNCc2cc(C(=O)NCCN3CCCC3=O)ccc21. The Bertz CT molecular complexity index is 798. The molecule has 2 N–H and O–H groups in total. The van der Waals surface area contributed by atoms with Gasteiger partial charge in [0.05, 0.1) is 0 Å². The highest BCUT2D eigenvalue weighted by atomic mass is 16.5. The van der Waals surface area contributed by atoms with Gasteiger partial charge < -0.3 is 25.2 Å². The number of benzene rings is 1. The normalized spacial score (nSPS) is 18.0. The smallest absolute Gasteiger partial charge is 0.252 e. The summed E-state index contributed by atoms with van der Waals surface area (Å²) in [5.74, 6) is -0.0791. The van der Waals surface area contributed by atoms with E-state index in [4.69, 9.17) is 4.74 Å². The minimum atomic E-state index is -0.166. The number of carbonyl (C=O) groups excluding carboxylic acids is 3. The predicted octanol–water partition coefficient (Wildman–Crippen LogP) is 2.07. The summed E-state index contributed by atoms with van der Waals surface area (Å²) in [6, 6.07) is 5.51. The van der Waals surface area contributed by atoms with Gasteiger partial charge in [-0.3, -0.25) is 14.4 Å². The van der Waals surface area contributed by atoms with Crippen LogP contribution in [0.5, 0.6) is 0 Å². The van der Waals surface area contributed by atoms with Crippen molar-refractivity contribution in [3.63, 3.8) is 0 Å². The predicted molar refractivity (Wildman–Crippen MR) is 124 cm³/mol. The zero-order chi connectivity index (χ0) is 22.8. The van der Waals surface area contributed by atoms with Gasteiger partial charge in [0.25, 0.3) is 11.8 Å². The van der Waals surface area contributed by atoms with Crippen molar-refractivity contribution in [3.05, 3.63) is 29.3 Å². The number of nitrogens with zero attached hydrogens (tertiary/aromatic N) is 2. The van der Waals surface area contributed by atoms with Crippen molar-refractivity contribution < 1.29 is 19.1 Å². The standard InChI is InChI=1S/C24H36N4O4/c1-32-18-23(30)28-14-6-4-2-3-5-11-25-17-20-16-19(9-10-21(20)28)24(31)26-12-15-27-13-7-8-22(27)29/h9-10,16,25H,2-8,11-15,17-18H2,1H3,(H,26,31). The van der Waals surface area contributed by atoms with Gasteiger partial charge in [-0.05, 0) is 49.6 Å². The van der Waals surface area contributed by atoms with Crippen molar-refractivity contribution in [2.24, 2.45) is 0 Å². The van der Waals surface area contributed by atoms with Crippen LogP contribution in [-0.2, 0) is 20.9 Å². The maximum atomic E-state index is 12.8. The number of amides is 3. The number of fused-ring (bicyclic) bond motifs is 1. The molecule has 1 aromatic carbocycles. The molecule has 0 aliphatic carbocycles. The molecule has 8 nitrogen and oxygen atoms in total. The average Bonchev–Trinajstić information content (AvgIpc) is 3.19. The maximum Gasteiger partial charge on any atom is 0.252 e. The van der Waals surface area contributed by atoms with E-state index in [0.29, 0.717) is 38.2 Å². The van der Waals surface area contributed by atoms with Crippen LogP contribution in [0.3, 0.4) is 0 Å². The highest BCUT2D eigenvalue weighted by molar-refractivity contribution is 5.98. The van der Waals surface area contributed by atoms with Crippen LogP contribution in [0.25, 0.3) is 0 Å². The molecule has 1 aromatic rings. The van der Waals surface area contributed by atoms with Gasteiger partial charge in [0.2, 0.25) is 5.91 Å². The summed E-state index contributed by atoms with van der Waals surface area (Å²) in [6.45, 7) is 3.91. The van der Waals surface area contributed by atoms with Gasteiger partial charge in [-0.25, -0.2) is 0 Å². The van der Waals surface area contributed by atoms with E-state index in [9.17, 15) is 14.4 Å². The van der Waals surface area contributed by atoms with Gasteiger partial charge in [-0.15, -0.1) is 0 Å². The lowest BCUT2D eigenvalue weighted by molar-refractivity contribution is -0.127. The lowest BCUT2D eigenvalue weighted by atomic mass is 10.0. The van der Waals surface area contributed by atoms with Crippen LogP contribution in [-0.4, -0.2) is 69.1 Å². The molecule has 8 heteroatoms. The van der Waals surface area contributed by atoms with Crippen LogP contribution in [0, 0.1) is 0 Å². The fraction of sp³-hybridized carbons (Fsp3) is 0.625. The first-order valence-electron chi connectivity index (χ1n) is 11.8. The van der Waals surface area contributed by atoms with E-state index in [0.717, 1.165) is 50.0 Å². The summed E-state index contributed by atoms with van der Waals surface area (Å²) in [5.41, 5.74) is 2.32. The van der Waals surface area contributed by atoms with Crippen LogP contribution in [0.1, 0.15) is 60.9 Å². The van der Waals surface area contributed by atoms with E-state index in [-0.39, 0.29) is 24.3 Å². The minimum Gasteiger partial charge on any atom is -0.375 e. The topological polar surface area (TPSA) is 91.0 Å². The molecular weight excluding hydrogens is 408 g/mol. The van der Waals surface area contributed by atoms with Gasteiger partial charge in [0, 0.05) is 57.5 Å². The quantitative estimate of drug-likeness (QED) is 0.701. The van der Waals surface area contributed by atoms with Crippen LogP contribution in [0.4, 0.5) is 5.69 Å². The Labute approximate surface area is 190 Å². The van der Waals surface area contributed by atoms with Gasteiger partial charge in [0.15, 0.2) is 0 Å². The monoisotopic (exact) mass is 444 g/mol. The van der Waals surface area contributed by atoms with Gasteiger partial charge in [-0.2, -0.15) is 0 Å². The number of likely N-dealkylation sites (tertiary alicyclic amines) is 1. The Hall–Kier alpha value is -2.45. The molecule has 0 aromatic heterocycles. The van der Waals surface area contributed by atoms with Crippen LogP contribution in [0.15, 0.2) is 18.2 Å². The Kier molecular flexibility index (Phi) is 9.49. The summed E-state index contributed by atoms with van der Waals surface area (Å²) < 4.78 is 5.10. The number of ether oxygens (including phenoxy) is 1. The Morgan fingerprint density at radius 3 is 2.69 bits per heavy atom. The van der Waals surface area contributed by atoms with Crippen molar-refractivity contribution in [1.29, 1.82) is 0 Å². The molecule has 0 bridgehead atoms. The molecule has 0 atom stereocenters. The third-order valence-corrected chi connectivity index (χ3v) is 6.09. The molecule has 0 saturated carbocycles. The van der Waals surface area contributed by atoms with Gasteiger partial charge in [0.1, 0.15) is 6.61 Å². The Morgan fingerprint density at radius 2 is 1.91 bits per heavy atom. The third-order valence-electron chi connectivity index (χ3n) is 6.09. The minimum absolute atomic E-state index is 0.0321. The van der Waals surface area contributed by atoms with Crippen molar-refractivity contribution in [2.45, 2.75) is 51.5 Å². The maximum absolute atomic E-state index is 12.8. The third kappa shape index (κ3) is 6.77. The molecule has 2 heterocycles. The second-order valence-corrected chi connectivity index (χ2v) is 8.51. The fourth-order valence-corrected chi connectivity index (χ4v) is 4.33. The molecule has 2 aliphatic heterocycles. The summed E-state index contributed by atoms with van der Waals surface area (Å²) in [5, 5.41) is 6.38. The zero-order valence-corrected chi connectivity index (χ0v) is 19.2. The number of hydrogen-bond acceptors (Lipinski definition) is 5. The van der Waals surface area contributed by atoms with E-state index >= 15 is 0 Å². The lowest BCUT2D eigenvalue weighted by Gasteiger charge is -2.26. The van der Waals surface area contributed by atoms with E-state index in [1.54, 1.807) is 15.9 Å². The molecule has 3 amide bonds. The first kappa shape index (κ1) is 24.2. The molecule has 2 aliphatic rings. The summed E-state index contributed by atoms with van der Waals surface area (Å²) in [4.78, 5) is 40.8. The summed E-state index contributed by atoms with van der Waals surface area (Å²) >= 11 is 0. The molecule has 32 heavy (non-hydrogen) atoms. The largest absolute Gasteiger partial charge is 0.375 e. The number of carbonyl (C=O) groups is 3. The van der Waals surface area contributed by atoms with E-state index in [1.807, 2.05) is 12.1 Å². The van der Waals surface area contributed by atoms with E-state index in [2.05, 4.69) is 10.6 Å². The second-order valence-electron chi connectivity index (χ2n) is 8.51. The highest BCUT2D eigenvalue weighted by Gasteiger charge is 2.21. The number of methoxy groups -OCH3 is 1. The highest BCUT2D eigenvalue weighted by Crippen LogP contribution is 2.24. The second kappa shape index (κ2) is 12.6. The van der Waals surface area contributed by atoms with Crippen molar-refractivity contribution in [2.75, 3.05) is 51.3 Å². The first-order chi connectivity index (χ1) is 15.6. The van der Waals surface area contributed by atoms with E-state index in [1.165, 1.54) is 20.0 Å². The van der Waals surface area contributed by atoms with Crippen LogP contribution < -0.4 is 15.5 Å². The molecule has 0 radical (unpaired) electrons. The Balaban J connectivity index is 1.73. The number of nitrogens with one attached hydrogen (secondary N) is 2. The molecule has 1 fully saturated rings. The molecular formula is C24H36N4O4. The number of anilines is 1. The molecule has 1 saturated heterocycles.